The first-order chi connectivity index (χ1) is 25.9. The normalized spacial score (nSPS) is 9.71. The molecule has 282 valence electrons. The first-order valence-electron chi connectivity index (χ1n) is 15.4. The molecule has 16 heteroatoms. The van der Waals surface area contributed by atoms with E-state index >= 15 is 0 Å². The summed E-state index contributed by atoms with van der Waals surface area (Å²) in [6, 6.07) is 21.3. The Morgan fingerprint density at radius 2 is 0.643 bits per heavy atom. The number of rotatable bonds is 8. The maximum absolute atomic E-state index is 10.4. The molecule has 0 bridgehead atoms. The Hall–Kier alpha value is -7.16. The molecule has 0 unspecified atom stereocenters. The van der Waals surface area contributed by atoms with Gasteiger partial charge in [-0.3, -0.25) is 19.9 Å². The standard InChI is InChI=1S/2C12H10N2.2C8H6O5.H2O.Zr/c2*1(11-3-7-13-8-4-11)2-12-5-9-14-10-6-12;2*9-6-2-4(7(10)11)1-5(3-6)8(12)13;;/h2*1-10H;2*1-3,9H,(H,10,11)(H,12,13);1H2;/q;;;;;+2/p-2/b2*2-1+;;;;. The van der Waals surface area contributed by atoms with E-state index < -0.39 is 35.4 Å². The van der Waals surface area contributed by atoms with Crippen molar-refractivity contribution in [1.82, 2.24) is 19.9 Å². The predicted octanol–water partition coefficient (Wildman–Crippen LogP) is 3.37. The molecule has 4 aromatic heterocycles. The predicted molar refractivity (Wildman–Crippen MR) is 197 cm³/mol. The van der Waals surface area contributed by atoms with Crippen molar-refractivity contribution in [3.05, 3.63) is 179 Å². The molecule has 0 radical (unpaired) electrons. The number of carbonyl (C=O) groups is 4. The van der Waals surface area contributed by atoms with Crippen LogP contribution in [-0.4, -0.2) is 69.7 Å². The van der Waals surface area contributed by atoms with E-state index in [2.05, 4.69) is 44.2 Å². The van der Waals surface area contributed by atoms with E-state index in [0.29, 0.717) is 0 Å². The summed E-state index contributed by atoms with van der Waals surface area (Å²) in [6.07, 6.45) is 22.5. The van der Waals surface area contributed by atoms with Crippen LogP contribution in [0.15, 0.2) is 135 Å². The van der Waals surface area contributed by atoms with Crippen LogP contribution < -0.4 is 10.2 Å². The van der Waals surface area contributed by atoms with E-state index in [9.17, 15) is 29.4 Å². The van der Waals surface area contributed by atoms with Crippen molar-refractivity contribution in [2.45, 2.75) is 0 Å². The van der Waals surface area contributed by atoms with E-state index in [0.717, 1.165) is 58.7 Å². The van der Waals surface area contributed by atoms with Crippen molar-refractivity contribution in [2.75, 3.05) is 0 Å². The largest absolute Gasteiger partial charge is 2.00 e. The zero-order valence-corrected chi connectivity index (χ0v) is 31.5. The smallest absolute Gasteiger partial charge is 0.545 e. The second-order valence-electron chi connectivity index (χ2n) is 10.5. The molecule has 0 aliphatic heterocycles. The van der Waals surface area contributed by atoms with Crippen molar-refractivity contribution in [2.24, 2.45) is 0 Å². The van der Waals surface area contributed by atoms with Crippen LogP contribution in [-0.2, 0) is 26.2 Å². The molecule has 4 heterocycles. The number of carbonyl (C=O) groups excluding carboxylic acids is 2. The maximum Gasteiger partial charge on any atom is 2.00 e. The Kier molecular flexibility index (Phi) is 20.9. The number of phenols is 2. The van der Waals surface area contributed by atoms with Gasteiger partial charge in [0, 0.05) is 60.7 Å². The number of hydrogen-bond donors (Lipinski definition) is 4. The van der Waals surface area contributed by atoms with Gasteiger partial charge in [-0.15, -0.1) is 0 Å². The quantitative estimate of drug-likeness (QED) is 0.171. The number of aromatic nitrogens is 4. The van der Waals surface area contributed by atoms with Gasteiger partial charge in [0.05, 0.1) is 23.1 Å². The summed E-state index contributed by atoms with van der Waals surface area (Å²) >= 11 is 0. The third kappa shape index (κ3) is 17.6. The number of pyridine rings is 4. The number of phenolic OH excluding ortho intramolecular Hbond substituents is 2. The van der Waals surface area contributed by atoms with Crippen LogP contribution in [0.1, 0.15) is 63.7 Å². The van der Waals surface area contributed by atoms with Gasteiger partial charge in [0.2, 0.25) is 0 Å². The van der Waals surface area contributed by atoms with E-state index in [4.69, 9.17) is 20.4 Å². The molecular weight excluding hydrogens is 804 g/mol. The molecule has 0 saturated heterocycles. The van der Waals surface area contributed by atoms with Crippen molar-refractivity contribution in [3.63, 3.8) is 0 Å². The molecule has 6 aromatic rings. The van der Waals surface area contributed by atoms with Gasteiger partial charge in [0.25, 0.3) is 0 Å². The first kappa shape index (κ1) is 46.9. The summed E-state index contributed by atoms with van der Waals surface area (Å²) in [5, 5.41) is 55.5. The van der Waals surface area contributed by atoms with Gasteiger partial charge < -0.3 is 45.7 Å². The summed E-state index contributed by atoms with van der Waals surface area (Å²) in [5.74, 6) is -6.51. The van der Waals surface area contributed by atoms with Crippen LogP contribution in [0.5, 0.6) is 11.5 Å². The second kappa shape index (κ2) is 25.0. The molecule has 6 rings (SSSR count). The summed E-state index contributed by atoms with van der Waals surface area (Å²) < 4.78 is 0. The minimum Gasteiger partial charge on any atom is -0.545 e. The molecule has 2 aromatic carbocycles. The zero-order valence-electron chi connectivity index (χ0n) is 29.0. The summed E-state index contributed by atoms with van der Waals surface area (Å²) in [4.78, 5) is 57.3. The van der Waals surface area contributed by atoms with E-state index in [1.165, 1.54) is 0 Å². The fourth-order valence-corrected chi connectivity index (χ4v) is 3.99. The van der Waals surface area contributed by atoms with Crippen LogP contribution in [0.25, 0.3) is 24.3 Å². The van der Waals surface area contributed by atoms with Crippen molar-refractivity contribution >= 4 is 48.2 Å². The average molecular weight is 836 g/mol. The van der Waals surface area contributed by atoms with Crippen LogP contribution in [0.4, 0.5) is 0 Å². The molecular formula is C40H32N4O11Zr. The van der Waals surface area contributed by atoms with Crippen LogP contribution in [0.3, 0.4) is 0 Å². The molecule has 15 nitrogen and oxygen atoms in total. The van der Waals surface area contributed by atoms with E-state index in [-0.39, 0.29) is 53.9 Å². The van der Waals surface area contributed by atoms with Gasteiger partial charge in [-0.05, 0) is 107 Å². The molecule has 0 amide bonds. The zero-order chi connectivity index (χ0) is 39.3. The molecule has 6 N–H and O–H groups in total. The van der Waals surface area contributed by atoms with Gasteiger partial charge in [0.15, 0.2) is 0 Å². The SMILES string of the molecule is C(=C\c1ccncc1)/c1ccncc1.C(=C\c1ccncc1)/c1ccncc1.O.O=C([O-])c1cc(O)cc(C(=O)O)c1.O=C([O-])c1cc(O)cc(C(=O)O)c1.[Zr+2]. The number of carboxylic acid groups (broad SMARTS) is 4. The van der Waals surface area contributed by atoms with Crippen molar-refractivity contribution in [1.29, 1.82) is 0 Å². The number of hydrogen-bond acceptors (Lipinski definition) is 12. The molecule has 56 heavy (non-hydrogen) atoms. The summed E-state index contributed by atoms with van der Waals surface area (Å²) in [5.41, 5.74) is 3.29. The van der Waals surface area contributed by atoms with Gasteiger partial charge in [-0.25, -0.2) is 9.59 Å². The molecule has 0 spiro atoms. The van der Waals surface area contributed by atoms with Crippen LogP contribution in [0.2, 0.25) is 0 Å². The van der Waals surface area contributed by atoms with E-state index in [1.807, 2.05) is 48.5 Å². The Labute approximate surface area is 338 Å². The Morgan fingerprint density at radius 3 is 0.839 bits per heavy atom. The van der Waals surface area contributed by atoms with Crippen LogP contribution >= 0.6 is 0 Å². The third-order valence-electron chi connectivity index (χ3n) is 6.56. The molecule has 0 saturated carbocycles. The fraction of sp³-hybridized carbons (Fsp3) is 0. The van der Waals surface area contributed by atoms with Gasteiger partial charge in [-0.1, -0.05) is 24.3 Å². The Balaban J connectivity index is 0.000000369. The number of aromatic carboxylic acids is 4. The maximum atomic E-state index is 10.4. The molecule has 0 aliphatic rings. The van der Waals surface area contributed by atoms with Crippen molar-refractivity contribution in [3.8, 4) is 11.5 Å². The van der Waals surface area contributed by atoms with Gasteiger partial charge >= 0.3 is 38.1 Å². The van der Waals surface area contributed by atoms with Gasteiger partial charge in [-0.2, -0.15) is 0 Å². The number of nitrogens with zero attached hydrogens (tertiary/aromatic N) is 4. The van der Waals surface area contributed by atoms with E-state index in [1.54, 1.807) is 49.6 Å². The third-order valence-corrected chi connectivity index (χ3v) is 6.56. The minimum atomic E-state index is -1.53. The van der Waals surface area contributed by atoms with Crippen molar-refractivity contribution < 1.29 is 81.5 Å². The minimum absolute atomic E-state index is 0. The first-order valence-corrected chi connectivity index (χ1v) is 15.4. The summed E-state index contributed by atoms with van der Waals surface area (Å²) in [6.45, 7) is 0. The summed E-state index contributed by atoms with van der Waals surface area (Å²) in [7, 11) is 0. The second-order valence-corrected chi connectivity index (χ2v) is 10.5. The number of carboxylic acids is 4. The average Bonchev–Trinajstić information content (AvgIpc) is 3.18. The number of aromatic hydroxyl groups is 2. The fourth-order valence-electron chi connectivity index (χ4n) is 3.99. The Morgan fingerprint density at radius 1 is 0.429 bits per heavy atom. The monoisotopic (exact) mass is 834 g/mol. The molecule has 0 fully saturated rings. The van der Waals surface area contributed by atoms with Crippen LogP contribution in [0, 0.1) is 0 Å². The molecule has 0 aliphatic carbocycles. The Bertz CT molecular complexity index is 1900. The molecule has 0 atom stereocenters. The number of benzene rings is 2. The topological polar surface area (TPSA) is 278 Å². The van der Waals surface area contributed by atoms with Gasteiger partial charge in [0.1, 0.15) is 11.5 Å².